The Kier molecular flexibility index (Phi) is 2.82. The molecule has 0 amide bonds. The fourth-order valence-electron chi connectivity index (χ4n) is 2.05. The number of hydrogen-bond donors (Lipinski definition) is 2. The van der Waals surface area contributed by atoms with Crippen molar-refractivity contribution in [3.63, 3.8) is 0 Å². The normalized spacial score (nSPS) is 18.8. The minimum Gasteiger partial charge on any atom is -0.393 e. The minimum atomic E-state index is -0.505. The first kappa shape index (κ1) is 10.9. The summed E-state index contributed by atoms with van der Waals surface area (Å²) in [5.74, 6) is 0. The van der Waals surface area contributed by atoms with Crippen LogP contribution in [0.15, 0.2) is 15.8 Å². The van der Waals surface area contributed by atoms with Gasteiger partial charge in [-0.2, -0.15) is 0 Å². The van der Waals surface area contributed by atoms with Gasteiger partial charge in [0.25, 0.3) is 5.56 Å². The lowest BCUT2D eigenvalue weighted by molar-refractivity contribution is 0.217. The molecule has 6 heteroatoms. The van der Waals surface area contributed by atoms with Gasteiger partial charge in [-0.25, -0.2) is 4.79 Å². The van der Waals surface area contributed by atoms with Crippen LogP contribution in [0, 0.1) is 0 Å². The molecule has 0 aliphatic carbocycles. The highest BCUT2D eigenvalue weighted by Crippen LogP contribution is 2.19. The Morgan fingerprint density at radius 3 is 2.62 bits per heavy atom. The van der Waals surface area contributed by atoms with Gasteiger partial charge < -0.3 is 10.6 Å². The quantitative estimate of drug-likeness (QED) is 0.666. The molecule has 0 saturated carbocycles. The summed E-state index contributed by atoms with van der Waals surface area (Å²) in [5, 5.41) is 0. The largest absolute Gasteiger partial charge is 0.393 e. The predicted octanol–water partition coefficient (Wildman–Crippen LogP) is -0.614. The first-order valence-corrected chi connectivity index (χ1v) is 5.37. The van der Waals surface area contributed by atoms with Crippen molar-refractivity contribution in [2.75, 3.05) is 25.9 Å². The average Bonchev–Trinajstić information content (AvgIpc) is 2.25. The molecule has 0 radical (unpaired) electrons. The zero-order valence-corrected chi connectivity index (χ0v) is 9.27. The van der Waals surface area contributed by atoms with Gasteiger partial charge in [0, 0.05) is 12.2 Å². The van der Waals surface area contributed by atoms with E-state index in [9.17, 15) is 9.59 Å². The van der Waals surface area contributed by atoms with Crippen LogP contribution in [0.4, 0.5) is 5.69 Å². The van der Waals surface area contributed by atoms with E-state index in [4.69, 9.17) is 5.73 Å². The van der Waals surface area contributed by atoms with E-state index >= 15 is 0 Å². The highest BCUT2D eigenvalue weighted by molar-refractivity contribution is 5.30. The first-order valence-electron chi connectivity index (χ1n) is 5.37. The number of hydrogen-bond acceptors (Lipinski definition) is 4. The molecule has 16 heavy (non-hydrogen) atoms. The van der Waals surface area contributed by atoms with Gasteiger partial charge in [-0.15, -0.1) is 0 Å². The summed E-state index contributed by atoms with van der Waals surface area (Å²) >= 11 is 0. The minimum absolute atomic E-state index is 0.0959. The van der Waals surface area contributed by atoms with Crippen molar-refractivity contribution in [3.8, 4) is 0 Å². The van der Waals surface area contributed by atoms with E-state index in [1.165, 1.54) is 6.20 Å². The molecule has 3 N–H and O–H groups in total. The smallest absolute Gasteiger partial charge is 0.328 e. The number of nitrogens with two attached hydrogens (primary N) is 1. The van der Waals surface area contributed by atoms with Gasteiger partial charge in [-0.05, 0) is 33.0 Å². The van der Waals surface area contributed by atoms with Gasteiger partial charge in [0.15, 0.2) is 0 Å². The number of piperidine rings is 1. The fourth-order valence-corrected chi connectivity index (χ4v) is 2.05. The lowest BCUT2D eigenvalue weighted by Crippen LogP contribution is -2.38. The molecular weight excluding hydrogens is 208 g/mol. The molecule has 1 aromatic rings. The number of aromatic nitrogens is 2. The molecule has 2 heterocycles. The molecule has 88 valence electrons. The van der Waals surface area contributed by atoms with Gasteiger partial charge in [0.05, 0.1) is 0 Å². The standard InChI is InChI=1S/C10H16N4O2/c1-13-4-2-7(3-5-13)14-6-8(11)9(15)12-10(14)16/h6-7H,2-5,11H2,1H3,(H,12,15,16). The molecule has 0 atom stereocenters. The highest BCUT2D eigenvalue weighted by atomic mass is 16.2. The zero-order chi connectivity index (χ0) is 11.7. The van der Waals surface area contributed by atoms with E-state index in [0.29, 0.717) is 0 Å². The second kappa shape index (κ2) is 4.13. The molecule has 0 spiro atoms. The molecule has 0 aromatic carbocycles. The zero-order valence-electron chi connectivity index (χ0n) is 9.27. The predicted molar refractivity (Wildman–Crippen MR) is 61.5 cm³/mol. The molecule has 2 rings (SSSR count). The van der Waals surface area contributed by atoms with E-state index < -0.39 is 5.56 Å². The van der Waals surface area contributed by atoms with Crippen LogP contribution >= 0.6 is 0 Å². The molecule has 6 nitrogen and oxygen atoms in total. The molecule has 1 saturated heterocycles. The van der Waals surface area contributed by atoms with Crippen molar-refractivity contribution in [2.24, 2.45) is 0 Å². The molecule has 1 aromatic heterocycles. The number of nitrogen functional groups attached to an aromatic ring is 1. The van der Waals surface area contributed by atoms with Crippen molar-refractivity contribution < 1.29 is 0 Å². The summed E-state index contributed by atoms with van der Waals surface area (Å²) in [4.78, 5) is 27.2. The molecule has 1 aliphatic heterocycles. The van der Waals surface area contributed by atoms with Crippen LogP contribution in [0.3, 0.4) is 0 Å². The van der Waals surface area contributed by atoms with E-state index in [1.54, 1.807) is 4.57 Å². The maximum absolute atomic E-state index is 11.6. The summed E-state index contributed by atoms with van der Waals surface area (Å²) < 4.78 is 1.55. The van der Waals surface area contributed by atoms with Crippen LogP contribution in [0.5, 0.6) is 0 Å². The van der Waals surface area contributed by atoms with Crippen LogP contribution in [0.1, 0.15) is 18.9 Å². The molecular formula is C10H16N4O2. The monoisotopic (exact) mass is 224 g/mol. The maximum Gasteiger partial charge on any atom is 0.328 e. The van der Waals surface area contributed by atoms with Crippen molar-refractivity contribution in [1.29, 1.82) is 0 Å². The van der Waals surface area contributed by atoms with Crippen molar-refractivity contribution >= 4 is 5.69 Å². The Bertz CT molecular complexity index is 482. The molecule has 0 bridgehead atoms. The Morgan fingerprint density at radius 1 is 1.38 bits per heavy atom. The number of aromatic amines is 1. The number of anilines is 1. The van der Waals surface area contributed by atoms with E-state index in [2.05, 4.69) is 16.9 Å². The second-order valence-electron chi connectivity index (χ2n) is 4.29. The van der Waals surface area contributed by atoms with Crippen LogP contribution in [-0.4, -0.2) is 34.6 Å². The van der Waals surface area contributed by atoms with Crippen LogP contribution in [0.25, 0.3) is 0 Å². The van der Waals surface area contributed by atoms with Gasteiger partial charge in [0.1, 0.15) is 5.69 Å². The number of H-pyrrole nitrogens is 1. The SMILES string of the molecule is CN1CCC(n2cc(N)c(=O)[nH]c2=O)CC1. The lowest BCUT2D eigenvalue weighted by atomic mass is 10.1. The Labute approximate surface area is 92.7 Å². The third-order valence-corrected chi connectivity index (χ3v) is 3.08. The summed E-state index contributed by atoms with van der Waals surface area (Å²) in [7, 11) is 2.06. The topological polar surface area (TPSA) is 84.1 Å². The van der Waals surface area contributed by atoms with Crippen LogP contribution in [0.2, 0.25) is 0 Å². The second-order valence-corrected chi connectivity index (χ2v) is 4.29. The third-order valence-electron chi connectivity index (χ3n) is 3.08. The molecule has 1 fully saturated rings. The highest BCUT2D eigenvalue weighted by Gasteiger charge is 2.19. The molecule has 1 aliphatic rings. The van der Waals surface area contributed by atoms with E-state index in [-0.39, 0.29) is 17.4 Å². The molecule has 0 unspecified atom stereocenters. The first-order chi connectivity index (χ1) is 7.58. The number of nitrogens with zero attached hydrogens (tertiary/aromatic N) is 2. The number of nitrogens with one attached hydrogen (secondary N) is 1. The van der Waals surface area contributed by atoms with Gasteiger partial charge in [0.2, 0.25) is 0 Å². The van der Waals surface area contributed by atoms with Gasteiger partial charge in [-0.3, -0.25) is 14.3 Å². The summed E-state index contributed by atoms with van der Waals surface area (Å²) in [5.41, 5.74) is 4.73. The average molecular weight is 224 g/mol. The van der Waals surface area contributed by atoms with Crippen molar-refractivity contribution in [3.05, 3.63) is 27.0 Å². The Hall–Kier alpha value is -1.56. The van der Waals surface area contributed by atoms with Gasteiger partial charge >= 0.3 is 5.69 Å². The fraction of sp³-hybridized carbons (Fsp3) is 0.600. The Balaban J connectivity index is 2.31. The van der Waals surface area contributed by atoms with Crippen molar-refractivity contribution in [2.45, 2.75) is 18.9 Å². The number of rotatable bonds is 1. The van der Waals surface area contributed by atoms with E-state index in [0.717, 1.165) is 25.9 Å². The summed E-state index contributed by atoms with van der Waals surface area (Å²) in [6, 6.07) is 0.142. The van der Waals surface area contributed by atoms with Crippen molar-refractivity contribution in [1.82, 2.24) is 14.5 Å². The van der Waals surface area contributed by atoms with Gasteiger partial charge in [-0.1, -0.05) is 0 Å². The lowest BCUT2D eigenvalue weighted by Gasteiger charge is -2.29. The number of likely N-dealkylation sites (tertiary alicyclic amines) is 1. The van der Waals surface area contributed by atoms with Crippen LogP contribution < -0.4 is 17.0 Å². The summed E-state index contributed by atoms with van der Waals surface area (Å²) in [6.45, 7) is 1.91. The van der Waals surface area contributed by atoms with Crippen LogP contribution in [-0.2, 0) is 0 Å². The van der Waals surface area contributed by atoms with E-state index in [1.807, 2.05) is 0 Å². The third kappa shape index (κ3) is 2.01. The summed E-state index contributed by atoms with van der Waals surface area (Å²) in [6.07, 6.45) is 3.26. The Morgan fingerprint density at radius 2 is 2.00 bits per heavy atom. The maximum atomic E-state index is 11.6.